The Bertz CT molecular complexity index is 793. The van der Waals surface area contributed by atoms with Crippen molar-refractivity contribution in [3.63, 3.8) is 0 Å². The van der Waals surface area contributed by atoms with E-state index in [2.05, 4.69) is 15.6 Å². The zero-order valence-corrected chi connectivity index (χ0v) is 16.4. The van der Waals surface area contributed by atoms with Crippen LogP contribution >= 0.6 is 11.3 Å². The number of unbranched alkanes of at least 4 members (excludes halogenated alkanes) is 1. The molecule has 1 aliphatic rings. The quantitative estimate of drug-likeness (QED) is 0.350. The molecule has 1 amide bonds. The first-order valence-corrected chi connectivity index (χ1v) is 10.3. The molecule has 3 N–H and O–H groups in total. The third kappa shape index (κ3) is 5.20. The van der Waals surface area contributed by atoms with Crippen LogP contribution in [0.15, 0.2) is 24.3 Å². The summed E-state index contributed by atoms with van der Waals surface area (Å²) >= 11 is 1.38. The number of para-hydroxylation sites is 1. The van der Waals surface area contributed by atoms with Crippen LogP contribution in [0.4, 0.5) is 0 Å². The van der Waals surface area contributed by atoms with Crippen molar-refractivity contribution < 1.29 is 9.59 Å². The van der Waals surface area contributed by atoms with Crippen LogP contribution in [-0.4, -0.2) is 41.5 Å². The van der Waals surface area contributed by atoms with Crippen molar-refractivity contribution in [1.29, 1.82) is 5.41 Å². The number of nitrogens with one attached hydrogen (secondary N) is 3. The number of fused-ring (bicyclic) bond motifs is 1. The van der Waals surface area contributed by atoms with Crippen molar-refractivity contribution in [3.8, 4) is 0 Å². The SMILES string of the molecule is CC(=N)CCCCC(NC(=O)C1CCNC1)C(=O)c1nc2ccccc2s1. The summed E-state index contributed by atoms with van der Waals surface area (Å²) in [6.07, 6.45) is 3.75. The third-order valence-electron chi connectivity index (χ3n) is 4.86. The number of hydrogen-bond donors (Lipinski definition) is 3. The van der Waals surface area contributed by atoms with Crippen molar-refractivity contribution >= 4 is 39.0 Å². The van der Waals surface area contributed by atoms with E-state index < -0.39 is 6.04 Å². The number of thiazole rings is 1. The highest BCUT2D eigenvalue weighted by Crippen LogP contribution is 2.23. The van der Waals surface area contributed by atoms with Gasteiger partial charge in [0.2, 0.25) is 11.7 Å². The van der Waals surface area contributed by atoms with Crippen LogP contribution in [0, 0.1) is 11.3 Å². The molecule has 2 aromatic rings. The first-order chi connectivity index (χ1) is 13.0. The number of amides is 1. The van der Waals surface area contributed by atoms with Crippen molar-refractivity contribution in [1.82, 2.24) is 15.6 Å². The highest BCUT2D eigenvalue weighted by Gasteiger charge is 2.29. The van der Waals surface area contributed by atoms with Gasteiger partial charge in [0.15, 0.2) is 5.01 Å². The number of ketones is 1. The molecule has 6 nitrogen and oxygen atoms in total. The lowest BCUT2D eigenvalue weighted by Crippen LogP contribution is -2.44. The fourth-order valence-corrected chi connectivity index (χ4v) is 4.26. The van der Waals surface area contributed by atoms with Gasteiger partial charge >= 0.3 is 0 Å². The molecule has 7 heteroatoms. The van der Waals surface area contributed by atoms with E-state index in [1.165, 1.54) is 11.3 Å². The molecule has 0 bridgehead atoms. The Labute approximate surface area is 163 Å². The molecular formula is C20H26N4O2S. The number of nitrogens with zero attached hydrogens (tertiary/aromatic N) is 1. The van der Waals surface area contributed by atoms with Gasteiger partial charge in [-0.25, -0.2) is 4.98 Å². The minimum Gasteiger partial charge on any atom is -0.346 e. The van der Waals surface area contributed by atoms with Crippen LogP contribution in [0.1, 0.15) is 48.8 Å². The molecule has 27 heavy (non-hydrogen) atoms. The molecule has 1 aromatic carbocycles. The number of aromatic nitrogens is 1. The Kier molecular flexibility index (Phi) is 6.68. The number of carbonyl (C=O) groups excluding carboxylic acids is 2. The van der Waals surface area contributed by atoms with Crippen molar-refractivity contribution in [2.45, 2.75) is 45.1 Å². The van der Waals surface area contributed by atoms with Gasteiger partial charge in [-0.2, -0.15) is 0 Å². The first kappa shape index (κ1) is 19.6. The molecular weight excluding hydrogens is 360 g/mol. The van der Waals surface area contributed by atoms with E-state index >= 15 is 0 Å². The van der Waals surface area contributed by atoms with Gasteiger partial charge in [0.25, 0.3) is 0 Å². The van der Waals surface area contributed by atoms with Gasteiger partial charge in [0, 0.05) is 12.3 Å². The van der Waals surface area contributed by atoms with Crippen LogP contribution in [0.5, 0.6) is 0 Å². The maximum absolute atomic E-state index is 13.1. The van der Waals surface area contributed by atoms with Crippen LogP contribution in [0.2, 0.25) is 0 Å². The summed E-state index contributed by atoms with van der Waals surface area (Å²) in [5.74, 6) is -0.232. The molecule has 2 atom stereocenters. The lowest BCUT2D eigenvalue weighted by molar-refractivity contribution is -0.124. The molecule has 0 radical (unpaired) electrons. The molecule has 2 unspecified atom stereocenters. The minimum absolute atomic E-state index is 0.0531. The smallest absolute Gasteiger partial charge is 0.225 e. The van der Waals surface area contributed by atoms with Crippen molar-refractivity contribution in [3.05, 3.63) is 29.3 Å². The number of carbonyl (C=O) groups is 2. The number of benzene rings is 1. The van der Waals surface area contributed by atoms with Gasteiger partial charge in [0.1, 0.15) is 0 Å². The average molecular weight is 387 g/mol. The molecule has 1 fully saturated rings. The summed E-state index contributed by atoms with van der Waals surface area (Å²) in [5.41, 5.74) is 1.46. The molecule has 3 rings (SSSR count). The summed E-state index contributed by atoms with van der Waals surface area (Å²) in [6, 6.07) is 7.13. The second-order valence-electron chi connectivity index (χ2n) is 7.13. The molecule has 1 aliphatic heterocycles. The van der Waals surface area contributed by atoms with Gasteiger partial charge in [-0.3, -0.25) is 9.59 Å². The highest BCUT2D eigenvalue weighted by atomic mass is 32.1. The zero-order chi connectivity index (χ0) is 19.2. The Morgan fingerprint density at radius 1 is 1.37 bits per heavy atom. The predicted molar refractivity (Wildman–Crippen MR) is 109 cm³/mol. The standard InChI is InChI=1S/C20H26N4O2S/c1-13(21)6-2-3-8-16(23-19(26)14-10-11-22-12-14)18(25)20-24-15-7-4-5-9-17(15)27-20/h4-5,7,9,14,16,21-22H,2-3,6,8,10-12H2,1H3,(H,23,26). The highest BCUT2D eigenvalue weighted by molar-refractivity contribution is 7.20. The first-order valence-electron chi connectivity index (χ1n) is 9.49. The van der Waals surface area contributed by atoms with E-state index in [1.54, 1.807) is 6.92 Å². The molecule has 0 saturated carbocycles. The number of hydrogen-bond acceptors (Lipinski definition) is 6. The Balaban J connectivity index is 1.71. The van der Waals surface area contributed by atoms with E-state index in [0.717, 1.165) is 42.4 Å². The molecule has 144 valence electrons. The average Bonchev–Trinajstić information content (AvgIpc) is 3.32. The van der Waals surface area contributed by atoms with Gasteiger partial charge in [-0.05, 0) is 51.3 Å². The summed E-state index contributed by atoms with van der Waals surface area (Å²) < 4.78 is 0.977. The lowest BCUT2D eigenvalue weighted by atomic mass is 10.0. The minimum atomic E-state index is -0.551. The predicted octanol–water partition coefficient (Wildman–Crippen LogP) is 3.17. The molecule has 1 saturated heterocycles. The van der Waals surface area contributed by atoms with E-state index in [1.807, 2.05) is 24.3 Å². The molecule has 2 heterocycles. The molecule has 1 aromatic heterocycles. The van der Waals surface area contributed by atoms with Crippen LogP contribution < -0.4 is 10.6 Å². The van der Waals surface area contributed by atoms with Crippen molar-refractivity contribution in [2.75, 3.05) is 13.1 Å². The van der Waals surface area contributed by atoms with Gasteiger partial charge in [-0.1, -0.05) is 18.6 Å². The maximum atomic E-state index is 13.1. The monoisotopic (exact) mass is 386 g/mol. The fourth-order valence-electron chi connectivity index (χ4n) is 3.30. The lowest BCUT2D eigenvalue weighted by Gasteiger charge is -2.19. The topological polar surface area (TPSA) is 94.9 Å². The van der Waals surface area contributed by atoms with E-state index in [0.29, 0.717) is 23.7 Å². The van der Waals surface area contributed by atoms with E-state index in [9.17, 15) is 9.59 Å². The maximum Gasteiger partial charge on any atom is 0.225 e. The van der Waals surface area contributed by atoms with Crippen LogP contribution in [0.25, 0.3) is 10.2 Å². The van der Waals surface area contributed by atoms with Gasteiger partial charge in [0.05, 0.1) is 22.2 Å². The Morgan fingerprint density at radius 2 is 2.19 bits per heavy atom. The fraction of sp³-hybridized carbons (Fsp3) is 0.500. The van der Waals surface area contributed by atoms with Crippen molar-refractivity contribution in [2.24, 2.45) is 5.92 Å². The normalized spacial score (nSPS) is 17.7. The number of rotatable bonds is 9. The number of Topliss-reactive ketones (excluding diaryl/α,β-unsaturated/α-hetero) is 1. The summed E-state index contributed by atoms with van der Waals surface area (Å²) in [4.78, 5) is 30.1. The van der Waals surface area contributed by atoms with E-state index in [-0.39, 0.29) is 17.6 Å². The van der Waals surface area contributed by atoms with E-state index in [4.69, 9.17) is 5.41 Å². The van der Waals surface area contributed by atoms with Crippen LogP contribution in [0.3, 0.4) is 0 Å². The second kappa shape index (κ2) is 9.19. The summed E-state index contributed by atoms with van der Waals surface area (Å²) in [7, 11) is 0. The summed E-state index contributed by atoms with van der Waals surface area (Å²) in [5, 5.41) is 14.2. The molecule has 0 spiro atoms. The van der Waals surface area contributed by atoms with Gasteiger partial charge < -0.3 is 16.0 Å². The third-order valence-corrected chi connectivity index (χ3v) is 5.91. The summed E-state index contributed by atoms with van der Waals surface area (Å²) in [6.45, 7) is 3.30. The Morgan fingerprint density at radius 3 is 2.89 bits per heavy atom. The largest absolute Gasteiger partial charge is 0.346 e. The zero-order valence-electron chi connectivity index (χ0n) is 15.6. The molecule has 0 aliphatic carbocycles. The second-order valence-corrected chi connectivity index (χ2v) is 8.16. The van der Waals surface area contributed by atoms with Gasteiger partial charge in [-0.15, -0.1) is 11.3 Å². The Hall–Kier alpha value is -2.12. The van der Waals surface area contributed by atoms with Crippen LogP contribution in [-0.2, 0) is 4.79 Å².